The van der Waals surface area contributed by atoms with Crippen LogP contribution >= 0.6 is 0 Å². The monoisotopic (exact) mass is 257 g/mol. The summed E-state index contributed by atoms with van der Waals surface area (Å²) in [6, 6.07) is 4.16. The van der Waals surface area contributed by atoms with Crippen molar-refractivity contribution >= 4 is 0 Å². The molecule has 1 fully saturated rings. The SMILES string of the molecule is CC1(C)OCC(CNCc2cccc(F)c2F)O1. The van der Waals surface area contributed by atoms with Crippen molar-refractivity contribution in [1.82, 2.24) is 5.32 Å². The number of hydrogen-bond donors (Lipinski definition) is 1. The summed E-state index contributed by atoms with van der Waals surface area (Å²) in [6.45, 7) is 5.01. The number of hydrogen-bond acceptors (Lipinski definition) is 3. The van der Waals surface area contributed by atoms with Crippen LogP contribution in [0.5, 0.6) is 0 Å². The molecule has 0 spiro atoms. The molecule has 1 atom stereocenters. The van der Waals surface area contributed by atoms with E-state index in [1.54, 1.807) is 6.07 Å². The first-order chi connectivity index (χ1) is 8.48. The van der Waals surface area contributed by atoms with E-state index in [1.165, 1.54) is 6.07 Å². The Morgan fingerprint density at radius 2 is 2.17 bits per heavy atom. The summed E-state index contributed by atoms with van der Waals surface area (Å²) < 4.78 is 37.3. The average Bonchev–Trinajstić information content (AvgIpc) is 2.64. The smallest absolute Gasteiger partial charge is 0.163 e. The summed E-state index contributed by atoms with van der Waals surface area (Å²) in [5.41, 5.74) is 0.313. The number of benzene rings is 1. The summed E-state index contributed by atoms with van der Waals surface area (Å²) in [4.78, 5) is 0. The van der Waals surface area contributed by atoms with Gasteiger partial charge in [-0.15, -0.1) is 0 Å². The van der Waals surface area contributed by atoms with Crippen LogP contribution in [-0.2, 0) is 16.0 Å². The van der Waals surface area contributed by atoms with Crippen LogP contribution in [0, 0.1) is 11.6 Å². The summed E-state index contributed by atoms with van der Waals surface area (Å²) >= 11 is 0. The Hall–Kier alpha value is -1.04. The molecule has 1 aromatic carbocycles. The zero-order valence-electron chi connectivity index (χ0n) is 10.5. The van der Waals surface area contributed by atoms with Crippen LogP contribution in [0.15, 0.2) is 18.2 Å². The second-order valence-corrected chi connectivity index (χ2v) is 4.79. The van der Waals surface area contributed by atoms with Crippen molar-refractivity contribution in [3.05, 3.63) is 35.4 Å². The normalized spacial score (nSPS) is 22.3. The molecule has 1 unspecified atom stereocenters. The second-order valence-electron chi connectivity index (χ2n) is 4.79. The van der Waals surface area contributed by atoms with Gasteiger partial charge < -0.3 is 14.8 Å². The third kappa shape index (κ3) is 3.25. The van der Waals surface area contributed by atoms with E-state index in [-0.39, 0.29) is 12.6 Å². The molecule has 2 rings (SSSR count). The molecule has 100 valence electrons. The van der Waals surface area contributed by atoms with E-state index in [1.807, 2.05) is 13.8 Å². The predicted molar refractivity (Wildman–Crippen MR) is 63.0 cm³/mol. The third-order valence-corrected chi connectivity index (χ3v) is 2.79. The minimum Gasteiger partial charge on any atom is -0.348 e. The molecule has 0 saturated carbocycles. The number of ether oxygens (including phenoxy) is 2. The number of halogens is 2. The Balaban J connectivity index is 1.81. The molecule has 1 aliphatic rings. The van der Waals surface area contributed by atoms with E-state index in [0.717, 1.165) is 6.07 Å². The van der Waals surface area contributed by atoms with Gasteiger partial charge in [0.25, 0.3) is 0 Å². The van der Waals surface area contributed by atoms with Gasteiger partial charge in [-0.1, -0.05) is 12.1 Å². The van der Waals surface area contributed by atoms with Crippen LogP contribution in [0.2, 0.25) is 0 Å². The first kappa shape index (κ1) is 13.4. The lowest BCUT2D eigenvalue weighted by atomic mass is 10.2. The molecule has 1 aliphatic heterocycles. The van der Waals surface area contributed by atoms with E-state index in [0.29, 0.717) is 18.7 Å². The van der Waals surface area contributed by atoms with Gasteiger partial charge in [0, 0.05) is 18.7 Å². The summed E-state index contributed by atoms with van der Waals surface area (Å²) in [7, 11) is 0. The summed E-state index contributed by atoms with van der Waals surface area (Å²) in [5.74, 6) is -2.18. The van der Waals surface area contributed by atoms with Gasteiger partial charge >= 0.3 is 0 Å². The van der Waals surface area contributed by atoms with Gasteiger partial charge in [-0.3, -0.25) is 0 Å². The first-order valence-electron chi connectivity index (χ1n) is 5.93. The Morgan fingerprint density at radius 3 is 2.83 bits per heavy atom. The molecule has 3 nitrogen and oxygen atoms in total. The zero-order valence-corrected chi connectivity index (χ0v) is 10.5. The van der Waals surface area contributed by atoms with Gasteiger partial charge in [0.2, 0.25) is 0 Å². The van der Waals surface area contributed by atoms with Gasteiger partial charge in [0.1, 0.15) is 0 Å². The van der Waals surface area contributed by atoms with Crippen LogP contribution in [0.25, 0.3) is 0 Å². The number of nitrogens with one attached hydrogen (secondary N) is 1. The summed E-state index contributed by atoms with van der Waals surface area (Å²) in [6.07, 6.45) is -0.0587. The van der Waals surface area contributed by atoms with Crippen LogP contribution < -0.4 is 5.32 Å². The van der Waals surface area contributed by atoms with Gasteiger partial charge in [0.05, 0.1) is 12.7 Å². The molecule has 0 amide bonds. The Kier molecular flexibility index (Phi) is 3.94. The van der Waals surface area contributed by atoms with Crippen LogP contribution in [0.4, 0.5) is 8.78 Å². The Labute approximate surface area is 105 Å². The fraction of sp³-hybridized carbons (Fsp3) is 0.538. The largest absolute Gasteiger partial charge is 0.348 e. The van der Waals surface area contributed by atoms with E-state index >= 15 is 0 Å². The molecule has 0 bridgehead atoms. The van der Waals surface area contributed by atoms with Crippen molar-refractivity contribution < 1.29 is 18.3 Å². The van der Waals surface area contributed by atoms with Crippen LogP contribution in [0.3, 0.4) is 0 Å². The molecule has 0 radical (unpaired) electrons. The topological polar surface area (TPSA) is 30.5 Å². The molecule has 0 aromatic heterocycles. The van der Waals surface area contributed by atoms with Crippen molar-refractivity contribution in [2.75, 3.05) is 13.2 Å². The lowest BCUT2D eigenvalue weighted by Gasteiger charge is -2.17. The van der Waals surface area contributed by atoms with Crippen LogP contribution in [0.1, 0.15) is 19.4 Å². The highest BCUT2D eigenvalue weighted by atomic mass is 19.2. The average molecular weight is 257 g/mol. The van der Waals surface area contributed by atoms with E-state index in [2.05, 4.69) is 5.32 Å². The van der Waals surface area contributed by atoms with Gasteiger partial charge in [-0.05, 0) is 19.9 Å². The van der Waals surface area contributed by atoms with Crippen LogP contribution in [-0.4, -0.2) is 25.0 Å². The Bertz CT molecular complexity index is 423. The molecule has 1 saturated heterocycles. The highest BCUT2D eigenvalue weighted by Crippen LogP contribution is 2.21. The fourth-order valence-corrected chi connectivity index (χ4v) is 1.92. The quantitative estimate of drug-likeness (QED) is 0.897. The van der Waals surface area contributed by atoms with Crippen molar-refractivity contribution in [2.24, 2.45) is 0 Å². The molecule has 1 heterocycles. The van der Waals surface area contributed by atoms with Gasteiger partial charge in [-0.25, -0.2) is 8.78 Å². The van der Waals surface area contributed by atoms with E-state index < -0.39 is 17.4 Å². The molecule has 1 aromatic rings. The maximum atomic E-state index is 13.4. The van der Waals surface area contributed by atoms with E-state index in [9.17, 15) is 8.78 Å². The first-order valence-corrected chi connectivity index (χ1v) is 5.93. The highest BCUT2D eigenvalue weighted by Gasteiger charge is 2.32. The molecule has 1 N–H and O–H groups in total. The second kappa shape index (κ2) is 5.30. The lowest BCUT2D eigenvalue weighted by Crippen LogP contribution is -2.30. The van der Waals surface area contributed by atoms with Crippen molar-refractivity contribution in [3.8, 4) is 0 Å². The minimum atomic E-state index is -0.823. The highest BCUT2D eigenvalue weighted by molar-refractivity contribution is 5.18. The molecule has 0 aliphatic carbocycles. The molecule has 5 heteroatoms. The maximum Gasteiger partial charge on any atom is 0.163 e. The molecular formula is C13H17F2NO2. The Morgan fingerprint density at radius 1 is 1.39 bits per heavy atom. The number of rotatable bonds is 4. The van der Waals surface area contributed by atoms with Gasteiger partial charge in [-0.2, -0.15) is 0 Å². The van der Waals surface area contributed by atoms with Gasteiger partial charge in [0.15, 0.2) is 17.4 Å². The third-order valence-electron chi connectivity index (χ3n) is 2.79. The van der Waals surface area contributed by atoms with Crippen molar-refractivity contribution in [2.45, 2.75) is 32.3 Å². The lowest BCUT2D eigenvalue weighted by molar-refractivity contribution is -0.137. The predicted octanol–water partition coefficient (Wildman–Crippen LogP) is 2.21. The van der Waals surface area contributed by atoms with E-state index in [4.69, 9.17) is 9.47 Å². The zero-order chi connectivity index (χ0) is 13.2. The summed E-state index contributed by atoms with van der Waals surface area (Å²) in [5, 5.41) is 3.04. The van der Waals surface area contributed by atoms with Crippen molar-refractivity contribution in [3.63, 3.8) is 0 Å². The standard InChI is InChI=1S/C13H17F2NO2/c1-13(2)17-8-10(18-13)7-16-6-9-4-3-5-11(14)12(9)15/h3-5,10,16H,6-8H2,1-2H3. The fourth-order valence-electron chi connectivity index (χ4n) is 1.92. The molecule has 18 heavy (non-hydrogen) atoms. The van der Waals surface area contributed by atoms with Crippen molar-refractivity contribution in [1.29, 1.82) is 0 Å². The molecular weight excluding hydrogens is 240 g/mol. The maximum absolute atomic E-state index is 13.4. The minimum absolute atomic E-state index is 0.0587.